The summed E-state index contributed by atoms with van der Waals surface area (Å²) < 4.78 is 5.32. The molecule has 5 heteroatoms. The Balaban J connectivity index is 2.29. The highest BCUT2D eigenvalue weighted by Crippen LogP contribution is 2.19. The number of carbonyl (C=O) groups excluding carboxylic acids is 1. The van der Waals surface area contributed by atoms with Crippen molar-refractivity contribution in [1.82, 2.24) is 4.98 Å². The molecular formula is C13H15N3O2. The standard InChI is InChI=1S/C13H15N3O2/c1-8-12(18-9(2)15-8)13(17)16(3)11-6-4-10(14)5-7-11/h4-7H,14H2,1-3H3. The molecule has 0 fully saturated rings. The lowest BCUT2D eigenvalue weighted by Crippen LogP contribution is -2.26. The normalized spacial score (nSPS) is 10.4. The number of aromatic nitrogens is 1. The molecule has 2 rings (SSSR count). The maximum Gasteiger partial charge on any atom is 0.295 e. The number of rotatable bonds is 2. The zero-order valence-corrected chi connectivity index (χ0v) is 10.6. The Morgan fingerprint density at radius 2 is 1.89 bits per heavy atom. The van der Waals surface area contributed by atoms with Gasteiger partial charge in [-0.25, -0.2) is 4.98 Å². The van der Waals surface area contributed by atoms with Gasteiger partial charge in [0.05, 0.1) is 5.69 Å². The molecule has 0 unspecified atom stereocenters. The minimum absolute atomic E-state index is 0.224. The Kier molecular flexibility index (Phi) is 3.06. The molecule has 94 valence electrons. The van der Waals surface area contributed by atoms with Gasteiger partial charge in [-0.2, -0.15) is 0 Å². The zero-order valence-electron chi connectivity index (χ0n) is 10.6. The predicted molar refractivity (Wildman–Crippen MR) is 69.6 cm³/mol. The molecular weight excluding hydrogens is 230 g/mol. The van der Waals surface area contributed by atoms with Crippen molar-refractivity contribution in [1.29, 1.82) is 0 Å². The molecule has 0 saturated heterocycles. The highest BCUT2D eigenvalue weighted by molar-refractivity contribution is 6.04. The van der Waals surface area contributed by atoms with Crippen LogP contribution in [0.15, 0.2) is 28.7 Å². The summed E-state index contributed by atoms with van der Waals surface area (Å²) in [5, 5.41) is 0. The molecule has 0 spiro atoms. The van der Waals surface area contributed by atoms with Crippen LogP contribution in [0.4, 0.5) is 11.4 Å². The third kappa shape index (κ3) is 2.20. The van der Waals surface area contributed by atoms with E-state index in [1.165, 1.54) is 4.90 Å². The minimum atomic E-state index is -0.224. The summed E-state index contributed by atoms with van der Waals surface area (Å²) in [6.07, 6.45) is 0. The van der Waals surface area contributed by atoms with Crippen LogP contribution in [0, 0.1) is 13.8 Å². The van der Waals surface area contributed by atoms with Crippen LogP contribution in [-0.2, 0) is 0 Å². The second-order valence-electron chi connectivity index (χ2n) is 4.10. The highest BCUT2D eigenvalue weighted by Gasteiger charge is 2.20. The van der Waals surface area contributed by atoms with E-state index in [0.29, 0.717) is 17.3 Å². The molecule has 0 atom stereocenters. The Hall–Kier alpha value is -2.30. The number of hydrogen-bond donors (Lipinski definition) is 1. The van der Waals surface area contributed by atoms with Crippen LogP contribution in [0.1, 0.15) is 22.1 Å². The molecule has 1 amide bonds. The molecule has 18 heavy (non-hydrogen) atoms. The molecule has 0 bridgehead atoms. The van der Waals surface area contributed by atoms with Crippen molar-refractivity contribution in [3.05, 3.63) is 41.6 Å². The molecule has 0 aliphatic carbocycles. The molecule has 2 N–H and O–H groups in total. The van der Waals surface area contributed by atoms with Crippen molar-refractivity contribution >= 4 is 17.3 Å². The molecule has 0 aliphatic heterocycles. The molecule has 1 aromatic carbocycles. The van der Waals surface area contributed by atoms with Gasteiger partial charge in [-0.3, -0.25) is 4.79 Å². The smallest absolute Gasteiger partial charge is 0.295 e. The maximum atomic E-state index is 12.2. The molecule has 1 heterocycles. The van der Waals surface area contributed by atoms with Crippen molar-refractivity contribution in [3.8, 4) is 0 Å². The van der Waals surface area contributed by atoms with E-state index < -0.39 is 0 Å². The van der Waals surface area contributed by atoms with Crippen molar-refractivity contribution in [2.24, 2.45) is 0 Å². The number of hydrogen-bond acceptors (Lipinski definition) is 4. The summed E-state index contributed by atoms with van der Waals surface area (Å²) >= 11 is 0. The Bertz CT molecular complexity index is 572. The number of carbonyl (C=O) groups is 1. The van der Waals surface area contributed by atoms with Gasteiger partial charge in [-0.05, 0) is 31.2 Å². The first-order chi connectivity index (χ1) is 8.49. The van der Waals surface area contributed by atoms with Gasteiger partial charge in [0, 0.05) is 25.3 Å². The average Bonchev–Trinajstić information content (AvgIpc) is 2.67. The quantitative estimate of drug-likeness (QED) is 0.823. The third-order valence-corrected chi connectivity index (χ3v) is 2.68. The van der Waals surface area contributed by atoms with Gasteiger partial charge >= 0.3 is 0 Å². The van der Waals surface area contributed by atoms with Gasteiger partial charge in [-0.15, -0.1) is 0 Å². The topological polar surface area (TPSA) is 72.4 Å². The number of nitrogens with two attached hydrogens (primary N) is 1. The number of aryl methyl sites for hydroxylation is 2. The number of anilines is 2. The monoisotopic (exact) mass is 245 g/mol. The van der Waals surface area contributed by atoms with E-state index in [9.17, 15) is 4.79 Å². The number of nitrogens with zero attached hydrogens (tertiary/aromatic N) is 2. The van der Waals surface area contributed by atoms with Gasteiger partial charge in [0.1, 0.15) is 0 Å². The first-order valence-electron chi connectivity index (χ1n) is 5.56. The number of oxazole rings is 1. The first-order valence-corrected chi connectivity index (χ1v) is 5.56. The summed E-state index contributed by atoms with van der Waals surface area (Å²) in [4.78, 5) is 17.8. The third-order valence-electron chi connectivity index (χ3n) is 2.68. The van der Waals surface area contributed by atoms with Crippen LogP contribution < -0.4 is 10.6 Å². The summed E-state index contributed by atoms with van der Waals surface area (Å²) in [7, 11) is 1.69. The average molecular weight is 245 g/mol. The Morgan fingerprint density at radius 1 is 1.28 bits per heavy atom. The molecule has 0 radical (unpaired) electrons. The van der Waals surface area contributed by atoms with E-state index in [1.54, 1.807) is 45.2 Å². The van der Waals surface area contributed by atoms with E-state index in [0.717, 1.165) is 5.69 Å². The first kappa shape index (κ1) is 12.2. The Morgan fingerprint density at radius 3 is 2.39 bits per heavy atom. The van der Waals surface area contributed by atoms with Crippen molar-refractivity contribution in [3.63, 3.8) is 0 Å². The highest BCUT2D eigenvalue weighted by atomic mass is 16.4. The van der Waals surface area contributed by atoms with Gasteiger partial charge < -0.3 is 15.1 Å². The van der Waals surface area contributed by atoms with E-state index in [-0.39, 0.29) is 11.7 Å². The zero-order chi connectivity index (χ0) is 13.3. The van der Waals surface area contributed by atoms with E-state index in [2.05, 4.69) is 4.98 Å². The summed E-state index contributed by atoms with van der Waals surface area (Å²) in [5.41, 5.74) is 7.62. The lowest BCUT2D eigenvalue weighted by Gasteiger charge is -2.16. The second kappa shape index (κ2) is 4.52. The summed E-state index contributed by atoms with van der Waals surface area (Å²) in [5.74, 6) is 0.534. The lowest BCUT2D eigenvalue weighted by molar-refractivity contribution is 0.0964. The maximum absolute atomic E-state index is 12.2. The SMILES string of the molecule is Cc1nc(C)c(C(=O)N(C)c2ccc(N)cc2)o1. The largest absolute Gasteiger partial charge is 0.436 e. The van der Waals surface area contributed by atoms with Crippen molar-refractivity contribution in [2.75, 3.05) is 17.7 Å². The van der Waals surface area contributed by atoms with E-state index in [1.807, 2.05) is 0 Å². The van der Waals surface area contributed by atoms with Crippen LogP contribution in [0.5, 0.6) is 0 Å². The van der Waals surface area contributed by atoms with E-state index >= 15 is 0 Å². The number of nitrogen functional groups attached to an aromatic ring is 1. The minimum Gasteiger partial charge on any atom is -0.436 e. The summed E-state index contributed by atoms with van der Waals surface area (Å²) in [6, 6.07) is 7.06. The molecule has 2 aromatic rings. The van der Waals surface area contributed by atoms with Crippen molar-refractivity contribution in [2.45, 2.75) is 13.8 Å². The van der Waals surface area contributed by atoms with Crippen LogP contribution in [0.3, 0.4) is 0 Å². The summed E-state index contributed by atoms with van der Waals surface area (Å²) in [6.45, 7) is 3.47. The van der Waals surface area contributed by atoms with Crippen LogP contribution in [0.25, 0.3) is 0 Å². The fourth-order valence-corrected chi connectivity index (χ4v) is 1.70. The van der Waals surface area contributed by atoms with Gasteiger partial charge in [-0.1, -0.05) is 0 Å². The Labute approximate surface area is 105 Å². The van der Waals surface area contributed by atoms with Crippen molar-refractivity contribution < 1.29 is 9.21 Å². The second-order valence-corrected chi connectivity index (χ2v) is 4.10. The fraction of sp³-hybridized carbons (Fsp3) is 0.231. The number of amides is 1. The van der Waals surface area contributed by atoms with Crippen LogP contribution in [0.2, 0.25) is 0 Å². The number of benzene rings is 1. The molecule has 0 aliphatic rings. The van der Waals surface area contributed by atoms with Crippen LogP contribution in [-0.4, -0.2) is 17.9 Å². The lowest BCUT2D eigenvalue weighted by atomic mass is 10.2. The van der Waals surface area contributed by atoms with Crippen LogP contribution >= 0.6 is 0 Å². The predicted octanol–water partition coefficient (Wildman–Crippen LogP) is 2.15. The van der Waals surface area contributed by atoms with Gasteiger partial charge in [0.15, 0.2) is 5.89 Å². The molecule has 0 saturated carbocycles. The van der Waals surface area contributed by atoms with Gasteiger partial charge in [0.2, 0.25) is 5.76 Å². The molecule has 5 nitrogen and oxygen atoms in total. The fourth-order valence-electron chi connectivity index (χ4n) is 1.70. The van der Waals surface area contributed by atoms with Gasteiger partial charge in [0.25, 0.3) is 5.91 Å². The van der Waals surface area contributed by atoms with E-state index in [4.69, 9.17) is 10.2 Å². The molecule has 1 aromatic heterocycles.